The first-order valence-electron chi connectivity index (χ1n) is 5.21. The van der Waals surface area contributed by atoms with Gasteiger partial charge in [-0.2, -0.15) is 0 Å². The Labute approximate surface area is 104 Å². The Morgan fingerprint density at radius 1 is 0.417 bits per heavy atom. The maximum absolute atomic E-state index is 1.72. The molecule has 0 unspecified atom stereocenters. The van der Waals surface area contributed by atoms with E-state index in [9.17, 15) is 0 Å². The third kappa shape index (κ3) is 11.6. The van der Waals surface area contributed by atoms with E-state index >= 15 is 0 Å². The van der Waals surface area contributed by atoms with Gasteiger partial charge in [-0.1, -0.05) is 0 Å². The summed E-state index contributed by atoms with van der Waals surface area (Å²) >= 11 is 3.44. The van der Waals surface area contributed by atoms with Crippen LogP contribution in [-0.2, 0) is 0 Å². The van der Waals surface area contributed by atoms with E-state index in [1.807, 2.05) is 0 Å². The zero-order chi connectivity index (χ0) is 9.07. The molecule has 68 valence electrons. The van der Waals surface area contributed by atoms with Crippen LogP contribution in [0.1, 0.15) is 51.4 Å². The van der Waals surface area contributed by atoms with Gasteiger partial charge in [0.15, 0.2) is 0 Å². The molecular formula is C10H20Sn2. The molecule has 0 nitrogen and oxygen atoms in total. The molecule has 0 N–H and O–H groups in total. The van der Waals surface area contributed by atoms with Gasteiger partial charge in [-0.25, -0.2) is 0 Å². The van der Waals surface area contributed by atoms with Crippen molar-refractivity contribution in [1.82, 2.24) is 0 Å². The van der Waals surface area contributed by atoms with Gasteiger partial charge in [0.05, 0.1) is 0 Å². The molecule has 0 spiro atoms. The number of unbranched alkanes of at least 4 members (excludes halogenated alkanes) is 7. The fraction of sp³-hybridized carbons (Fsp3) is 1.00. The van der Waals surface area contributed by atoms with E-state index in [0.717, 1.165) is 0 Å². The molecule has 12 heavy (non-hydrogen) atoms. The first kappa shape index (κ1) is 13.6. The van der Waals surface area contributed by atoms with Gasteiger partial charge >= 0.3 is 105 Å². The van der Waals surface area contributed by atoms with E-state index < -0.39 is 0 Å². The Morgan fingerprint density at radius 2 is 0.667 bits per heavy atom. The molecule has 0 aromatic rings. The molecular weight excluding hydrogens is 358 g/mol. The second-order valence-electron chi connectivity index (χ2n) is 3.33. The third-order valence-electron chi connectivity index (χ3n) is 2.10. The number of hydrogen-bond donors (Lipinski definition) is 0. The first-order chi connectivity index (χ1) is 5.91. The average molecular weight is 378 g/mol. The predicted molar refractivity (Wildman–Crippen MR) is 58.1 cm³/mol. The van der Waals surface area contributed by atoms with Gasteiger partial charge in [0, 0.05) is 0 Å². The topological polar surface area (TPSA) is 0 Å². The molecule has 0 aliphatic heterocycles. The number of rotatable bonds is 9. The van der Waals surface area contributed by atoms with Crippen LogP contribution in [0.15, 0.2) is 0 Å². The van der Waals surface area contributed by atoms with Crippen LogP contribution >= 0.6 is 0 Å². The molecule has 2 heteroatoms. The summed E-state index contributed by atoms with van der Waals surface area (Å²) in [7, 11) is 0. The minimum absolute atomic E-state index is 1.46. The summed E-state index contributed by atoms with van der Waals surface area (Å²) in [6.45, 7) is 0. The van der Waals surface area contributed by atoms with Crippen molar-refractivity contribution in [2.75, 3.05) is 0 Å². The zero-order valence-electron chi connectivity index (χ0n) is 8.07. The van der Waals surface area contributed by atoms with Crippen molar-refractivity contribution in [2.45, 2.75) is 60.2 Å². The summed E-state index contributed by atoms with van der Waals surface area (Å²) in [5.41, 5.74) is 0. The van der Waals surface area contributed by atoms with Gasteiger partial charge in [0.1, 0.15) is 0 Å². The van der Waals surface area contributed by atoms with E-state index in [0.29, 0.717) is 0 Å². The van der Waals surface area contributed by atoms with E-state index in [1.165, 1.54) is 60.2 Å². The Kier molecular flexibility index (Phi) is 14.3. The van der Waals surface area contributed by atoms with Crippen LogP contribution in [0.5, 0.6) is 0 Å². The molecule has 6 radical (unpaired) electrons. The van der Waals surface area contributed by atoms with Crippen molar-refractivity contribution in [2.24, 2.45) is 0 Å². The Balaban J connectivity index is 2.73. The Morgan fingerprint density at radius 3 is 0.917 bits per heavy atom. The molecule has 0 atom stereocenters. The van der Waals surface area contributed by atoms with Gasteiger partial charge in [-0.05, 0) is 0 Å². The normalized spacial score (nSPS) is 10.5. The monoisotopic (exact) mass is 380 g/mol. The van der Waals surface area contributed by atoms with Crippen molar-refractivity contribution in [3.63, 3.8) is 0 Å². The van der Waals surface area contributed by atoms with E-state index in [1.54, 1.807) is 45.0 Å². The van der Waals surface area contributed by atoms with Gasteiger partial charge in [0.2, 0.25) is 0 Å². The Hall–Kier alpha value is 1.60. The molecule has 0 aliphatic rings. The summed E-state index contributed by atoms with van der Waals surface area (Å²) in [4.78, 5) is 0. The average Bonchev–Trinajstić information content (AvgIpc) is 2.10. The first-order valence-corrected chi connectivity index (χ1v) is 9.24. The molecule has 0 saturated carbocycles. The van der Waals surface area contributed by atoms with Crippen LogP contribution < -0.4 is 0 Å². The molecule has 0 aromatic heterocycles. The third-order valence-corrected chi connectivity index (χ3v) is 4.12. The summed E-state index contributed by atoms with van der Waals surface area (Å²) in [6, 6.07) is 0. The summed E-state index contributed by atoms with van der Waals surface area (Å²) in [5, 5.41) is 0. The van der Waals surface area contributed by atoms with E-state index in [-0.39, 0.29) is 0 Å². The zero-order valence-corrected chi connectivity index (χ0v) is 13.8. The van der Waals surface area contributed by atoms with Crippen LogP contribution in [0.2, 0.25) is 8.87 Å². The van der Waals surface area contributed by atoms with Crippen LogP contribution in [-0.4, -0.2) is 45.0 Å². The molecule has 0 amide bonds. The summed E-state index contributed by atoms with van der Waals surface area (Å²) in [5.74, 6) is 0. The van der Waals surface area contributed by atoms with Crippen molar-refractivity contribution in [1.29, 1.82) is 0 Å². The predicted octanol–water partition coefficient (Wildman–Crippen LogP) is 3.28. The van der Waals surface area contributed by atoms with Crippen molar-refractivity contribution >= 4 is 45.0 Å². The molecule has 0 aromatic carbocycles. The second-order valence-corrected chi connectivity index (χ2v) is 6.18. The number of hydrogen-bond acceptors (Lipinski definition) is 0. The van der Waals surface area contributed by atoms with Crippen LogP contribution in [0, 0.1) is 0 Å². The maximum atomic E-state index is 1.72. The molecule has 0 bridgehead atoms. The summed E-state index contributed by atoms with van der Waals surface area (Å²) < 4.78 is 2.93. The fourth-order valence-electron chi connectivity index (χ4n) is 1.31. The molecule has 0 heterocycles. The van der Waals surface area contributed by atoms with Gasteiger partial charge in [0.25, 0.3) is 0 Å². The standard InChI is InChI=1S/C10H20.2Sn/c1-3-5-7-9-10-8-6-4-2;;/h1-10H2;;. The van der Waals surface area contributed by atoms with Crippen molar-refractivity contribution in [3.8, 4) is 0 Å². The van der Waals surface area contributed by atoms with Crippen molar-refractivity contribution in [3.05, 3.63) is 0 Å². The van der Waals surface area contributed by atoms with Gasteiger partial charge in [-0.3, -0.25) is 0 Å². The minimum atomic E-state index is 1.46. The van der Waals surface area contributed by atoms with Crippen LogP contribution in [0.3, 0.4) is 0 Å². The quantitative estimate of drug-likeness (QED) is 0.427. The van der Waals surface area contributed by atoms with Crippen LogP contribution in [0.4, 0.5) is 0 Å². The molecule has 0 aliphatic carbocycles. The second kappa shape index (κ2) is 12.6. The van der Waals surface area contributed by atoms with E-state index in [2.05, 4.69) is 0 Å². The van der Waals surface area contributed by atoms with E-state index in [4.69, 9.17) is 0 Å². The molecule has 0 rings (SSSR count). The van der Waals surface area contributed by atoms with Crippen molar-refractivity contribution < 1.29 is 0 Å². The van der Waals surface area contributed by atoms with Gasteiger partial charge in [-0.15, -0.1) is 0 Å². The molecule has 0 fully saturated rings. The Bertz CT molecular complexity index is 64.2. The van der Waals surface area contributed by atoms with Crippen LogP contribution in [0.25, 0.3) is 0 Å². The SMILES string of the molecule is [Sn][CH2]CCCCCCCC[CH2][Sn]. The fourth-order valence-corrected chi connectivity index (χ4v) is 2.74. The van der Waals surface area contributed by atoms with Gasteiger partial charge < -0.3 is 0 Å². The molecule has 0 saturated heterocycles. The summed E-state index contributed by atoms with van der Waals surface area (Å²) in [6.07, 6.45) is 11.9.